The third-order valence-electron chi connectivity index (χ3n) is 6.77. The van der Waals surface area contributed by atoms with Crippen molar-refractivity contribution in [2.45, 2.75) is 17.9 Å². The first kappa shape index (κ1) is 25.9. The largest absolute Gasteiger partial charge is 0.497 e. The Morgan fingerprint density at radius 3 is 2.22 bits per heavy atom. The molecule has 7 nitrogen and oxygen atoms in total. The fraction of sp³-hybridized carbons (Fsp3) is 0.321. The number of ketones is 1. The molecule has 1 fully saturated rings. The third kappa shape index (κ3) is 5.02. The Labute approximate surface area is 212 Å². The van der Waals surface area contributed by atoms with Crippen LogP contribution in [0.2, 0.25) is 0 Å². The number of nitrogens with zero attached hydrogens (tertiary/aromatic N) is 1. The Morgan fingerprint density at radius 2 is 1.61 bits per heavy atom. The molecule has 0 bridgehead atoms. The maximum Gasteiger partial charge on any atom is 0.243 e. The van der Waals surface area contributed by atoms with Crippen LogP contribution in [-0.2, 0) is 14.8 Å². The van der Waals surface area contributed by atoms with Crippen molar-refractivity contribution in [2.75, 3.05) is 34.4 Å². The SMILES string of the molecule is COc1ccc(OC)c([C@H](OC)[C@H]2CN(S(=O)(=O)c3ccc(C)cc3)C[C@@H]2C(=O)c2ccccc2)c1. The Balaban J connectivity index is 1.77. The molecule has 0 radical (unpaired) electrons. The predicted molar refractivity (Wildman–Crippen MR) is 137 cm³/mol. The summed E-state index contributed by atoms with van der Waals surface area (Å²) in [5, 5.41) is 0. The normalized spacial score (nSPS) is 19.1. The number of hydrogen-bond acceptors (Lipinski definition) is 6. The van der Waals surface area contributed by atoms with E-state index in [0.29, 0.717) is 22.6 Å². The lowest BCUT2D eigenvalue weighted by Gasteiger charge is -2.28. The topological polar surface area (TPSA) is 82.1 Å². The summed E-state index contributed by atoms with van der Waals surface area (Å²) >= 11 is 0. The highest BCUT2D eigenvalue weighted by molar-refractivity contribution is 7.89. The molecule has 0 aliphatic carbocycles. The molecule has 0 amide bonds. The lowest BCUT2D eigenvalue weighted by molar-refractivity contribution is 0.0364. The van der Waals surface area contributed by atoms with Crippen molar-refractivity contribution in [3.8, 4) is 11.5 Å². The molecule has 0 N–H and O–H groups in total. The number of carbonyl (C=O) groups is 1. The molecule has 0 saturated carbocycles. The van der Waals surface area contributed by atoms with Crippen LogP contribution in [0.1, 0.15) is 27.6 Å². The van der Waals surface area contributed by atoms with E-state index in [-0.39, 0.29) is 23.8 Å². The Hall–Kier alpha value is -3.20. The minimum absolute atomic E-state index is 0.0563. The van der Waals surface area contributed by atoms with Gasteiger partial charge in [0, 0.05) is 43.2 Å². The summed E-state index contributed by atoms with van der Waals surface area (Å²) in [5.41, 5.74) is 2.20. The fourth-order valence-corrected chi connectivity index (χ4v) is 6.35. The van der Waals surface area contributed by atoms with Crippen LogP contribution in [0.3, 0.4) is 0 Å². The second kappa shape index (κ2) is 10.8. The van der Waals surface area contributed by atoms with E-state index in [9.17, 15) is 13.2 Å². The average molecular weight is 510 g/mol. The molecule has 4 rings (SSSR count). The Morgan fingerprint density at radius 1 is 0.917 bits per heavy atom. The molecule has 3 atom stereocenters. The number of carbonyl (C=O) groups excluding carboxylic acids is 1. The maximum absolute atomic E-state index is 13.7. The first-order valence-electron chi connectivity index (χ1n) is 11.7. The molecule has 0 spiro atoms. The van der Waals surface area contributed by atoms with Crippen LogP contribution in [0, 0.1) is 18.8 Å². The van der Waals surface area contributed by atoms with Gasteiger partial charge in [-0.05, 0) is 37.3 Å². The van der Waals surface area contributed by atoms with Crippen LogP contribution in [0.5, 0.6) is 11.5 Å². The molecule has 0 aromatic heterocycles. The first-order valence-corrected chi connectivity index (χ1v) is 13.1. The summed E-state index contributed by atoms with van der Waals surface area (Å²) in [6, 6.07) is 21.1. The molecule has 1 aliphatic heterocycles. The van der Waals surface area contributed by atoms with Crippen LogP contribution in [0.15, 0.2) is 77.7 Å². The predicted octanol–water partition coefficient (Wildman–Crippen LogP) is 4.52. The highest BCUT2D eigenvalue weighted by atomic mass is 32.2. The van der Waals surface area contributed by atoms with Gasteiger partial charge < -0.3 is 14.2 Å². The van der Waals surface area contributed by atoms with Gasteiger partial charge in [-0.2, -0.15) is 4.31 Å². The second-order valence-corrected chi connectivity index (χ2v) is 10.8. The average Bonchev–Trinajstić information content (AvgIpc) is 3.35. The fourth-order valence-electron chi connectivity index (χ4n) is 4.84. The number of ether oxygens (including phenoxy) is 3. The minimum atomic E-state index is -3.82. The van der Waals surface area contributed by atoms with Gasteiger partial charge in [0.05, 0.1) is 25.2 Å². The monoisotopic (exact) mass is 509 g/mol. The minimum Gasteiger partial charge on any atom is -0.497 e. The van der Waals surface area contributed by atoms with Gasteiger partial charge in [-0.15, -0.1) is 0 Å². The van der Waals surface area contributed by atoms with Crippen molar-refractivity contribution < 1.29 is 27.4 Å². The maximum atomic E-state index is 13.7. The molecule has 8 heteroatoms. The first-order chi connectivity index (χ1) is 17.3. The number of rotatable bonds is 9. The molecule has 1 saturated heterocycles. The van der Waals surface area contributed by atoms with E-state index in [2.05, 4.69) is 0 Å². The molecule has 3 aromatic rings. The van der Waals surface area contributed by atoms with E-state index in [1.165, 1.54) is 4.31 Å². The lowest BCUT2D eigenvalue weighted by Crippen LogP contribution is -2.30. The number of Topliss-reactive ketones (excluding diaryl/α,β-unsaturated/α-hetero) is 1. The summed E-state index contributed by atoms with van der Waals surface area (Å²) in [6.45, 7) is 2.08. The van der Waals surface area contributed by atoms with Gasteiger partial charge in [0.1, 0.15) is 11.5 Å². The van der Waals surface area contributed by atoms with Gasteiger partial charge in [-0.3, -0.25) is 4.79 Å². The van der Waals surface area contributed by atoms with E-state index >= 15 is 0 Å². The van der Waals surface area contributed by atoms with Gasteiger partial charge in [-0.1, -0.05) is 48.0 Å². The van der Waals surface area contributed by atoms with E-state index in [1.807, 2.05) is 19.1 Å². The highest BCUT2D eigenvalue weighted by Crippen LogP contribution is 2.43. The van der Waals surface area contributed by atoms with E-state index in [1.54, 1.807) is 82.0 Å². The summed E-state index contributed by atoms with van der Waals surface area (Å²) in [5.74, 6) is -0.00199. The van der Waals surface area contributed by atoms with Crippen LogP contribution in [0.25, 0.3) is 0 Å². The summed E-state index contributed by atoms with van der Waals surface area (Å²) in [4.78, 5) is 13.9. The van der Waals surface area contributed by atoms with E-state index in [0.717, 1.165) is 5.56 Å². The molecule has 0 unspecified atom stereocenters. The van der Waals surface area contributed by atoms with Gasteiger partial charge >= 0.3 is 0 Å². The summed E-state index contributed by atoms with van der Waals surface area (Å²) < 4.78 is 45.5. The van der Waals surface area contributed by atoms with Crippen LogP contribution >= 0.6 is 0 Å². The van der Waals surface area contributed by atoms with Crippen molar-refractivity contribution in [3.05, 3.63) is 89.5 Å². The number of aryl methyl sites for hydroxylation is 1. The van der Waals surface area contributed by atoms with Crippen molar-refractivity contribution in [2.24, 2.45) is 11.8 Å². The third-order valence-corrected chi connectivity index (χ3v) is 8.62. The van der Waals surface area contributed by atoms with E-state index in [4.69, 9.17) is 14.2 Å². The molecule has 36 heavy (non-hydrogen) atoms. The molecule has 3 aromatic carbocycles. The van der Waals surface area contributed by atoms with Crippen molar-refractivity contribution in [3.63, 3.8) is 0 Å². The number of benzene rings is 3. The van der Waals surface area contributed by atoms with Crippen LogP contribution < -0.4 is 9.47 Å². The molecule has 1 heterocycles. The molecular weight excluding hydrogens is 478 g/mol. The summed E-state index contributed by atoms with van der Waals surface area (Å²) in [7, 11) is 0.873. The zero-order valence-electron chi connectivity index (χ0n) is 20.9. The highest BCUT2D eigenvalue weighted by Gasteiger charge is 2.47. The number of methoxy groups -OCH3 is 3. The van der Waals surface area contributed by atoms with Crippen molar-refractivity contribution in [1.82, 2.24) is 4.31 Å². The standard InChI is InChI=1S/C28H31NO6S/c1-19-10-13-22(14-11-19)36(31,32)29-17-24(27(30)20-8-6-5-7-9-20)25(18-29)28(35-4)23-16-21(33-2)12-15-26(23)34-3/h5-16,24-25,28H,17-18H2,1-4H3/t24-,25-,28-/m0/s1. The van der Waals surface area contributed by atoms with Crippen molar-refractivity contribution in [1.29, 1.82) is 0 Å². The lowest BCUT2D eigenvalue weighted by atomic mass is 9.82. The van der Waals surface area contributed by atoms with Crippen LogP contribution in [-0.4, -0.2) is 52.9 Å². The smallest absolute Gasteiger partial charge is 0.243 e. The Bertz CT molecular complexity index is 1310. The Kier molecular flexibility index (Phi) is 7.78. The number of hydrogen-bond donors (Lipinski definition) is 0. The quantitative estimate of drug-likeness (QED) is 0.395. The van der Waals surface area contributed by atoms with Gasteiger partial charge in [0.25, 0.3) is 0 Å². The zero-order valence-corrected chi connectivity index (χ0v) is 21.7. The number of sulfonamides is 1. The van der Waals surface area contributed by atoms with Gasteiger partial charge in [-0.25, -0.2) is 8.42 Å². The molecule has 190 valence electrons. The second-order valence-electron chi connectivity index (χ2n) is 8.90. The van der Waals surface area contributed by atoms with Gasteiger partial charge in [0.2, 0.25) is 10.0 Å². The van der Waals surface area contributed by atoms with Crippen molar-refractivity contribution >= 4 is 15.8 Å². The summed E-state index contributed by atoms with van der Waals surface area (Å²) in [6.07, 6.45) is -0.606. The zero-order chi connectivity index (χ0) is 25.9. The van der Waals surface area contributed by atoms with Crippen LogP contribution in [0.4, 0.5) is 0 Å². The van der Waals surface area contributed by atoms with Gasteiger partial charge in [0.15, 0.2) is 5.78 Å². The van der Waals surface area contributed by atoms with E-state index < -0.39 is 28.0 Å². The molecular formula is C28H31NO6S. The molecule has 1 aliphatic rings.